The van der Waals surface area contributed by atoms with Gasteiger partial charge in [-0.2, -0.15) is 0 Å². The lowest BCUT2D eigenvalue weighted by Crippen LogP contribution is -2.52. The first-order valence-corrected chi connectivity index (χ1v) is 14.9. The van der Waals surface area contributed by atoms with Crippen LogP contribution in [0.2, 0.25) is 0 Å². The Kier molecular flexibility index (Phi) is 9.45. The van der Waals surface area contributed by atoms with Gasteiger partial charge in [-0.1, -0.05) is 24.6 Å². The van der Waals surface area contributed by atoms with Gasteiger partial charge in [0.25, 0.3) is 0 Å². The number of ether oxygens (including phenoxy) is 1. The summed E-state index contributed by atoms with van der Waals surface area (Å²) in [6.45, 7) is 4.88. The van der Waals surface area contributed by atoms with Gasteiger partial charge in [0.05, 0.1) is 18.6 Å². The molecule has 39 heavy (non-hydrogen) atoms. The number of nitrogens with zero attached hydrogens (tertiary/aromatic N) is 4. The number of carbonyl (C=O) groups is 2. The fourth-order valence-electron chi connectivity index (χ4n) is 6.45. The molecular formula is C31H43N5O3. The summed E-state index contributed by atoms with van der Waals surface area (Å²) in [4.78, 5) is 39.7. The highest BCUT2D eigenvalue weighted by atomic mass is 16.5. The van der Waals surface area contributed by atoms with Gasteiger partial charge in [0.2, 0.25) is 11.8 Å². The topological polar surface area (TPSA) is 87.7 Å². The Morgan fingerprint density at radius 2 is 1.82 bits per heavy atom. The summed E-state index contributed by atoms with van der Waals surface area (Å²) < 4.78 is 6.01. The zero-order valence-corrected chi connectivity index (χ0v) is 23.2. The Labute approximate surface area is 232 Å². The fourth-order valence-corrected chi connectivity index (χ4v) is 6.45. The van der Waals surface area contributed by atoms with E-state index in [2.05, 4.69) is 32.3 Å². The quantitative estimate of drug-likeness (QED) is 0.646. The molecule has 0 bridgehead atoms. The van der Waals surface area contributed by atoms with Crippen LogP contribution in [0.3, 0.4) is 0 Å². The van der Waals surface area contributed by atoms with Crippen LogP contribution >= 0.6 is 0 Å². The minimum Gasteiger partial charge on any atom is -0.493 e. The number of aryl methyl sites for hydroxylation is 1. The van der Waals surface area contributed by atoms with Crippen molar-refractivity contribution in [1.29, 1.82) is 0 Å². The molecule has 2 fully saturated rings. The van der Waals surface area contributed by atoms with Crippen LogP contribution in [0, 0.1) is 11.3 Å². The second kappa shape index (κ2) is 13.4. The molecule has 3 aliphatic heterocycles. The molecule has 5 rings (SSSR count). The number of nitrogens with one attached hydrogen (secondary N) is 1. The van der Waals surface area contributed by atoms with E-state index in [1.807, 2.05) is 23.1 Å². The molecule has 3 aliphatic rings. The maximum absolute atomic E-state index is 13.4. The first-order valence-electron chi connectivity index (χ1n) is 14.9. The molecule has 1 aromatic heterocycles. The third-order valence-electron chi connectivity index (χ3n) is 8.80. The number of hydrogen-bond acceptors (Lipinski definition) is 6. The molecule has 2 saturated heterocycles. The summed E-state index contributed by atoms with van der Waals surface area (Å²) in [6.07, 6.45) is 12.9. The molecule has 8 heteroatoms. The summed E-state index contributed by atoms with van der Waals surface area (Å²) in [6, 6.07) is 10.1. The predicted octanol–water partition coefficient (Wildman–Crippen LogP) is 3.65. The summed E-state index contributed by atoms with van der Waals surface area (Å²) in [7, 11) is 0. The summed E-state index contributed by atoms with van der Waals surface area (Å²) in [5.41, 5.74) is 0.925. The van der Waals surface area contributed by atoms with E-state index in [1.54, 1.807) is 12.4 Å². The standard InChI is InChI=1S/C31H43N5O3/c37-29(36-18-5-8-25(23-36)22-28-32-15-6-16-33-28)24-35-19-13-31(14-20-35)12-4-3-10-26-9-1-2-11-27(26)39-21-7-17-34-30(31)38/h1-2,6,9,11,15-16,25H,3-5,7-8,10,12-14,17-24H2,(H,34,38). The zero-order chi connectivity index (χ0) is 26.9. The molecule has 1 spiro atoms. The van der Waals surface area contributed by atoms with E-state index in [4.69, 9.17) is 4.74 Å². The van der Waals surface area contributed by atoms with Gasteiger partial charge >= 0.3 is 0 Å². The van der Waals surface area contributed by atoms with Gasteiger partial charge in [-0.25, -0.2) is 9.97 Å². The van der Waals surface area contributed by atoms with Crippen molar-refractivity contribution < 1.29 is 14.3 Å². The number of benzene rings is 1. The van der Waals surface area contributed by atoms with Crippen LogP contribution in [0.5, 0.6) is 5.75 Å². The molecule has 0 saturated carbocycles. The largest absolute Gasteiger partial charge is 0.493 e. The summed E-state index contributed by atoms with van der Waals surface area (Å²) in [5, 5.41) is 3.21. The van der Waals surface area contributed by atoms with Crippen LogP contribution in [-0.2, 0) is 22.4 Å². The summed E-state index contributed by atoms with van der Waals surface area (Å²) >= 11 is 0. The van der Waals surface area contributed by atoms with Crippen molar-refractivity contribution in [3.05, 3.63) is 54.1 Å². The molecular weight excluding hydrogens is 490 g/mol. The normalized spacial score (nSPS) is 22.9. The molecule has 2 aromatic rings. The number of amides is 2. The average Bonchev–Trinajstić information content (AvgIpc) is 2.98. The lowest BCUT2D eigenvalue weighted by molar-refractivity contribution is -0.137. The number of carbonyl (C=O) groups excluding carboxylic acids is 2. The van der Waals surface area contributed by atoms with Crippen molar-refractivity contribution in [3.63, 3.8) is 0 Å². The van der Waals surface area contributed by atoms with Crippen LogP contribution in [0.1, 0.15) is 62.8 Å². The molecule has 4 heterocycles. The van der Waals surface area contributed by atoms with Crippen molar-refractivity contribution >= 4 is 11.8 Å². The van der Waals surface area contributed by atoms with Gasteiger partial charge in [-0.3, -0.25) is 14.5 Å². The highest BCUT2D eigenvalue weighted by molar-refractivity contribution is 5.83. The predicted molar refractivity (Wildman–Crippen MR) is 150 cm³/mol. The zero-order valence-electron chi connectivity index (χ0n) is 23.2. The Bertz CT molecular complexity index is 1090. The molecule has 2 amide bonds. The van der Waals surface area contributed by atoms with Crippen LogP contribution < -0.4 is 10.1 Å². The number of para-hydroxylation sites is 1. The van der Waals surface area contributed by atoms with E-state index in [9.17, 15) is 9.59 Å². The molecule has 210 valence electrons. The highest BCUT2D eigenvalue weighted by Crippen LogP contribution is 2.37. The van der Waals surface area contributed by atoms with Crippen molar-refractivity contribution in [2.45, 2.75) is 64.2 Å². The van der Waals surface area contributed by atoms with E-state index in [0.717, 1.165) is 102 Å². The maximum atomic E-state index is 13.4. The third-order valence-corrected chi connectivity index (χ3v) is 8.80. The second-order valence-corrected chi connectivity index (χ2v) is 11.5. The number of fused-ring (bicyclic) bond motifs is 1. The minimum atomic E-state index is -0.333. The Morgan fingerprint density at radius 3 is 2.67 bits per heavy atom. The molecule has 1 unspecified atom stereocenters. The third kappa shape index (κ3) is 7.35. The van der Waals surface area contributed by atoms with E-state index in [0.29, 0.717) is 25.6 Å². The first-order chi connectivity index (χ1) is 19.1. The Hall–Kier alpha value is -3.00. The maximum Gasteiger partial charge on any atom is 0.236 e. The van der Waals surface area contributed by atoms with Gasteiger partial charge in [0.1, 0.15) is 11.6 Å². The van der Waals surface area contributed by atoms with Crippen LogP contribution in [0.15, 0.2) is 42.7 Å². The second-order valence-electron chi connectivity index (χ2n) is 11.5. The van der Waals surface area contributed by atoms with E-state index in [-0.39, 0.29) is 17.2 Å². The SMILES string of the molecule is O=C(CN1CCC2(CCCCc3ccccc3OCCCNC2=O)CC1)N1CCCC(Cc2ncccn2)C1. The van der Waals surface area contributed by atoms with E-state index in [1.165, 1.54) is 5.56 Å². The average molecular weight is 534 g/mol. The Morgan fingerprint density at radius 1 is 1.00 bits per heavy atom. The smallest absolute Gasteiger partial charge is 0.236 e. The number of hydrogen-bond donors (Lipinski definition) is 1. The van der Waals surface area contributed by atoms with Crippen molar-refractivity contribution in [1.82, 2.24) is 25.1 Å². The molecule has 8 nitrogen and oxygen atoms in total. The number of rotatable bonds is 4. The Balaban J connectivity index is 1.13. The van der Waals surface area contributed by atoms with Gasteiger partial charge in [0.15, 0.2) is 0 Å². The highest BCUT2D eigenvalue weighted by Gasteiger charge is 2.41. The van der Waals surface area contributed by atoms with Gasteiger partial charge in [-0.15, -0.1) is 0 Å². The van der Waals surface area contributed by atoms with Crippen LogP contribution in [0.4, 0.5) is 0 Å². The summed E-state index contributed by atoms with van der Waals surface area (Å²) in [5.74, 6) is 2.65. The van der Waals surface area contributed by atoms with Crippen molar-refractivity contribution in [3.8, 4) is 5.75 Å². The van der Waals surface area contributed by atoms with E-state index < -0.39 is 0 Å². The lowest BCUT2D eigenvalue weighted by atomic mass is 9.73. The van der Waals surface area contributed by atoms with Crippen molar-refractivity contribution in [2.24, 2.45) is 11.3 Å². The first kappa shape index (κ1) is 27.6. The molecule has 0 aliphatic carbocycles. The van der Waals surface area contributed by atoms with Crippen LogP contribution in [0.25, 0.3) is 0 Å². The molecule has 1 N–H and O–H groups in total. The number of likely N-dealkylation sites (tertiary alicyclic amines) is 2. The number of piperidine rings is 2. The minimum absolute atomic E-state index is 0.187. The fraction of sp³-hybridized carbons (Fsp3) is 0.613. The molecule has 1 aromatic carbocycles. The van der Waals surface area contributed by atoms with Crippen LogP contribution in [-0.4, -0.2) is 77.5 Å². The van der Waals surface area contributed by atoms with Gasteiger partial charge in [-0.05, 0) is 88.1 Å². The monoisotopic (exact) mass is 533 g/mol. The van der Waals surface area contributed by atoms with E-state index >= 15 is 0 Å². The molecule has 0 radical (unpaired) electrons. The number of aromatic nitrogens is 2. The van der Waals surface area contributed by atoms with Gasteiger partial charge in [0, 0.05) is 38.4 Å². The lowest BCUT2D eigenvalue weighted by Gasteiger charge is -2.41. The van der Waals surface area contributed by atoms with Gasteiger partial charge < -0.3 is 15.0 Å². The molecule has 1 atom stereocenters. The van der Waals surface area contributed by atoms with Crippen molar-refractivity contribution in [2.75, 3.05) is 45.9 Å².